The first-order valence-corrected chi connectivity index (χ1v) is 9.11. The smallest absolute Gasteiger partial charge is 0.263 e. The molecule has 0 bridgehead atoms. The van der Waals surface area contributed by atoms with E-state index in [2.05, 4.69) is 15.7 Å². The molecule has 148 valence electrons. The predicted molar refractivity (Wildman–Crippen MR) is 105 cm³/mol. The van der Waals surface area contributed by atoms with Crippen molar-refractivity contribution < 1.29 is 19.1 Å². The highest BCUT2D eigenvalue weighted by Crippen LogP contribution is 2.32. The highest BCUT2D eigenvalue weighted by atomic mass is 35.5. The summed E-state index contributed by atoms with van der Waals surface area (Å²) in [5.41, 5.74) is 0.853. The predicted octanol–water partition coefficient (Wildman–Crippen LogP) is 2.28. The molecule has 0 aliphatic carbocycles. The molecule has 2 aliphatic heterocycles. The summed E-state index contributed by atoms with van der Waals surface area (Å²) in [4.78, 5) is 39.1. The van der Waals surface area contributed by atoms with Gasteiger partial charge in [0.2, 0.25) is 5.91 Å². The number of para-hydroxylation sites is 1. The fourth-order valence-corrected chi connectivity index (χ4v) is 3.42. The Morgan fingerprint density at radius 1 is 1.14 bits per heavy atom. The van der Waals surface area contributed by atoms with Crippen LogP contribution in [0.4, 0.5) is 11.4 Å². The lowest BCUT2D eigenvalue weighted by molar-refractivity contribution is -0.123. The van der Waals surface area contributed by atoms with E-state index < -0.39 is 29.8 Å². The van der Waals surface area contributed by atoms with Crippen molar-refractivity contribution >= 4 is 40.7 Å². The number of halogens is 1. The van der Waals surface area contributed by atoms with Gasteiger partial charge >= 0.3 is 0 Å². The quantitative estimate of drug-likeness (QED) is 0.757. The van der Waals surface area contributed by atoms with Crippen LogP contribution in [0.5, 0.6) is 5.75 Å². The van der Waals surface area contributed by atoms with Gasteiger partial charge in [0, 0.05) is 0 Å². The molecule has 0 saturated carbocycles. The lowest BCUT2D eigenvalue weighted by Crippen LogP contribution is -2.43. The second-order valence-corrected chi connectivity index (χ2v) is 6.84. The maximum Gasteiger partial charge on any atom is 0.263 e. The number of imide groups is 1. The average molecular weight is 414 g/mol. The summed E-state index contributed by atoms with van der Waals surface area (Å²) in [6.07, 6.45) is 0. The normalized spacial score (nSPS) is 20.2. The number of benzene rings is 2. The number of rotatable bonds is 5. The first kappa shape index (κ1) is 18.9. The highest BCUT2D eigenvalue weighted by Gasteiger charge is 2.55. The summed E-state index contributed by atoms with van der Waals surface area (Å²) < 4.78 is 5.09. The van der Waals surface area contributed by atoms with Crippen molar-refractivity contribution in [3.05, 3.63) is 53.6 Å². The fraction of sp³-hybridized carbons (Fsp3) is 0.211. The number of amides is 3. The van der Waals surface area contributed by atoms with Gasteiger partial charge in [0.1, 0.15) is 12.3 Å². The van der Waals surface area contributed by atoms with Crippen LogP contribution < -0.4 is 15.0 Å². The lowest BCUT2D eigenvalue weighted by atomic mass is 10.1. The Bertz CT molecular complexity index is 1010. The Balaban J connectivity index is 1.49. The number of anilines is 2. The molecule has 1 saturated heterocycles. The van der Waals surface area contributed by atoms with Crippen LogP contribution in [0.15, 0.2) is 58.9 Å². The second-order valence-electron chi connectivity index (χ2n) is 6.43. The van der Waals surface area contributed by atoms with E-state index in [4.69, 9.17) is 16.3 Å². The average Bonchev–Trinajstić information content (AvgIpc) is 3.23. The second kappa shape index (κ2) is 7.51. The van der Waals surface area contributed by atoms with Crippen LogP contribution in [0, 0.1) is 0 Å². The summed E-state index contributed by atoms with van der Waals surface area (Å²) >= 11 is 6.04. The number of nitrogens with one attached hydrogen (secondary N) is 1. The van der Waals surface area contributed by atoms with Gasteiger partial charge in [-0.1, -0.05) is 29.0 Å². The van der Waals surface area contributed by atoms with E-state index >= 15 is 0 Å². The van der Waals surface area contributed by atoms with E-state index in [-0.39, 0.29) is 6.54 Å². The van der Waals surface area contributed by atoms with Gasteiger partial charge in [0.05, 0.1) is 23.5 Å². The topological polar surface area (TPSA) is 104 Å². The first-order valence-electron chi connectivity index (χ1n) is 8.73. The number of methoxy groups -OCH3 is 1. The zero-order valence-electron chi connectivity index (χ0n) is 15.3. The van der Waals surface area contributed by atoms with Crippen molar-refractivity contribution in [2.45, 2.75) is 12.1 Å². The van der Waals surface area contributed by atoms with Crippen LogP contribution in [0.2, 0.25) is 5.02 Å². The summed E-state index contributed by atoms with van der Waals surface area (Å²) in [5, 5.41) is 12.0. The third-order valence-corrected chi connectivity index (χ3v) is 4.97. The molecule has 2 aromatic rings. The van der Waals surface area contributed by atoms with Gasteiger partial charge in [-0.05, 0) is 36.4 Å². The van der Waals surface area contributed by atoms with Gasteiger partial charge in [-0.15, -0.1) is 0 Å². The van der Waals surface area contributed by atoms with Crippen molar-refractivity contribution in [1.29, 1.82) is 0 Å². The zero-order valence-corrected chi connectivity index (χ0v) is 16.0. The number of carbonyl (C=O) groups is 3. The summed E-state index contributed by atoms with van der Waals surface area (Å²) in [6, 6.07) is 11.4. The largest absolute Gasteiger partial charge is 0.497 e. The molecule has 2 aromatic carbocycles. The van der Waals surface area contributed by atoms with E-state index in [9.17, 15) is 14.4 Å². The minimum atomic E-state index is -0.974. The lowest BCUT2D eigenvalue weighted by Gasteiger charge is -2.20. The van der Waals surface area contributed by atoms with E-state index in [1.54, 1.807) is 48.5 Å². The number of fused-ring (bicyclic) bond motifs is 1. The SMILES string of the molecule is COc1ccc(N2C(=O)C3N=NN(CC(=O)Nc4ccccc4Cl)C3C2=O)cc1. The first-order chi connectivity index (χ1) is 14.0. The van der Waals surface area contributed by atoms with Gasteiger partial charge in [0.25, 0.3) is 11.8 Å². The van der Waals surface area contributed by atoms with Crippen LogP contribution in [-0.4, -0.2) is 48.5 Å². The molecule has 3 amide bonds. The van der Waals surface area contributed by atoms with Crippen LogP contribution in [-0.2, 0) is 14.4 Å². The third-order valence-electron chi connectivity index (χ3n) is 4.64. The Hall–Kier alpha value is -3.46. The Morgan fingerprint density at radius 3 is 2.55 bits per heavy atom. The Labute approximate surface area is 170 Å². The number of nitrogens with zero attached hydrogens (tertiary/aromatic N) is 4. The number of hydrogen-bond acceptors (Lipinski definition) is 7. The van der Waals surface area contributed by atoms with Crippen molar-refractivity contribution in [1.82, 2.24) is 5.01 Å². The molecule has 2 heterocycles. The van der Waals surface area contributed by atoms with E-state index in [1.165, 1.54) is 12.1 Å². The fourth-order valence-electron chi connectivity index (χ4n) is 3.24. The molecule has 0 aromatic heterocycles. The Morgan fingerprint density at radius 2 is 1.86 bits per heavy atom. The van der Waals surface area contributed by atoms with Gasteiger partial charge in [0.15, 0.2) is 12.1 Å². The molecule has 2 atom stereocenters. The van der Waals surface area contributed by atoms with E-state index in [0.29, 0.717) is 22.1 Å². The molecule has 4 rings (SSSR count). The van der Waals surface area contributed by atoms with Crippen molar-refractivity contribution in [3.63, 3.8) is 0 Å². The molecule has 0 spiro atoms. The minimum Gasteiger partial charge on any atom is -0.497 e. The Kier molecular flexibility index (Phi) is 4.89. The van der Waals surface area contributed by atoms with Gasteiger partial charge in [-0.25, -0.2) is 4.90 Å². The molecule has 1 fully saturated rings. The maximum absolute atomic E-state index is 12.9. The molecular weight excluding hydrogens is 398 g/mol. The maximum atomic E-state index is 12.9. The van der Waals surface area contributed by atoms with Crippen LogP contribution in [0.25, 0.3) is 0 Å². The number of ether oxygens (including phenoxy) is 1. The standard InChI is InChI=1S/C19H16ClN5O4/c1-29-12-8-6-11(7-9-12)25-18(27)16-17(19(25)28)24(23-22-16)10-15(26)21-14-5-3-2-4-13(14)20/h2-9,16-17H,10H2,1H3,(H,21,26). The van der Waals surface area contributed by atoms with Crippen LogP contribution >= 0.6 is 11.6 Å². The molecule has 10 heteroatoms. The zero-order chi connectivity index (χ0) is 20.5. The molecular formula is C19H16ClN5O4. The van der Waals surface area contributed by atoms with Crippen LogP contribution in [0.1, 0.15) is 0 Å². The molecule has 29 heavy (non-hydrogen) atoms. The van der Waals surface area contributed by atoms with E-state index in [0.717, 1.165) is 4.90 Å². The van der Waals surface area contributed by atoms with E-state index in [1.807, 2.05) is 0 Å². The van der Waals surface area contributed by atoms with Gasteiger partial charge < -0.3 is 10.1 Å². The minimum absolute atomic E-state index is 0.245. The molecule has 0 radical (unpaired) electrons. The van der Waals surface area contributed by atoms with Crippen molar-refractivity contribution in [3.8, 4) is 5.75 Å². The third kappa shape index (κ3) is 3.40. The molecule has 2 aliphatic rings. The van der Waals surface area contributed by atoms with Crippen molar-refractivity contribution in [2.75, 3.05) is 23.9 Å². The number of carbonyl (C=O) groups excluding carboxylic acids is 3. The molecule has 2 unspecified atom stereocenters. The summed E-state index contributed by atoms with van der Waals surface area (Å²) in [6.45, 7) is -0.245. The van der Waals surface area contributed by atoms with Crippen molar-refractivity contribution in [2.24, 2.45) is 10.3 Å². The number of hydrogen-bond donors (Lipinski definition) is 1. The molecule has 1 N–H and O–H groups in total. The van der Waals surface area contributed by atoms with Crippen LogP contribution in [0.3, 0.4) is 0 Å². The summed E-state index contributed by atoms with van der Waals surface area (Å²) in [5.74, 6) is -0.796. The molecule has 9 nitrogen and oxygen atoms in total. The van der Waals surface area contributed by atoms with Gasteiger partial charge in [-0.2, -0.15) is 5.11 Å². The summed E-state index contributed by atoms with van der Waals surface area (Å²) in [7, 11) is 1.53. The highest BCUT2D eigenvalue weighted by molar-refractivity contribution is 6.33. The van der Waals surface area contributed by atoms with Gasteiger partial charge in [-0.3, -0.25) is 19.4 Å². The monoisotopic (exact) mass is 413 g/mol.